The van der Waals surface area contributed by atoms with Gasteiger partial charge in [-0.2, -0.15) is 0 Å². The number of amides is 1. The van der Waals surface area contributed by atoms with E-state index in [1.165, 1.54) is 5.56 Å². The van der Waals surface area contributed by atoms with Crippen molar-refractivity contribution in [3.8, 4) is 0 Å². The van der Waals surface area contributed by atoms with Crippen molar-refractivity contribution < 1.29 is 4.79 Å². The first-order valence-corrected chi connectivity index (χ1v) is 9.56. The molecule has 0 aliphatic heterocycles. The summed E-state index contributed by atoms with van der Waals surface area (Å²) < 4.78 is 0. The molecule has 0 heterocycles. The molecule has 7 heteroatoms. The van der Waals surface area contributed by atoms with Gasteiger partial charge in [-0.1, -0.05) is 42.8 Å². The highest BCUT2D eigenvalue weighted by Gasteiger charge is 2.03. The van der Waals surface area contributed by atoms with Gasteiger partial charge in [-0.25, -0.2) is 0 Å². The van der Waals surface area contributed by atoms with Crippen LogP contribution in [0.2, 0.25) is 5.02 Å². The summed E-state index contributed by atoms with van der Waals surface area (Å²) in [6, 6.07) is 15.7. The molecule has 0 aromatic heterocycles. The average molecular weight is 515 g/mol. The van der Waals surface area contributed by atoms with Gasteiger partial charge in [0.1, 0.15) is 0 Å². The molecule has 0 saturated carbocycles. The lowest BCUT2D eigenvalue weighted by Gasteiger charge is -2.13. The number of guanidine groups is 1. The Labute approximate surface area is 189 Å². The summed E-state index contributed by atoms with van der Waals surface area (Å²) in [6.45, 7) is 3.37. The zero-order chi connectivity index (χ0) is 19.5. The predicted octanol–water partition coefficient (Wildman–Crippen LogP) is 4.60. The second kappa shape index (κ2) is 13.4. The molecule has 2 aromatic carbocycles. The molecule has 0 aliphatic carbocycles. The number of hydrogen-bond acceptors (Lipinski definition) is 2. The molecule has 0 aliphatic rings. The van der Waals surface area contributed by atoms with Gasteiger partial charge in [-0.05, 0) is 48.2 Å². The lowest BCUT2D eigenvalue weighted by atomic mass is 10.1. The van der Waals surface area contributed by atoms with E-state index in [0.29, 0.717) is 13.0 Å². The Balaban J connectivity index is 0.00000392. The van der Waals surface area contributed by atoms with Gasteiger partial charge in [0.05, 0.1) is 0 Å². The van der Waals surface area contributed by atoms with Gasteiger partial charge in [0.15, 0.2) is 5.96 Å². The van der Waals surface area contributed by atoms with E-state index in [-0.39, 0.29) is 29.9 Å². The number of halogens is 2. The van der Waals surface area contributed by atoms with E-state index in [1.54, 1.807) is 7.05 Å². The Morgan fingerprint density at radius 1 is 1.07 bits per heavy atom. The molecule has 3 N–H and O–H groups in total. The molecule has 2 rings (SSSR count). The Kier molecular flexibility index (Phi) is 11.6. The summed E-state index contributed by atoms with van der Waals surface area (Å²) in [4.78, 5) is 16.0. The molecule has 0 radical (unpaired) electrons. The van der Waals surface area contributed by atoms with Crippen LogP contribution in [0.5, 0.6) is 0 Å². The van der Waals surface area contributed by atoms with Crippen molar-refractivity contribution in [1.29, 1.82) is 0 Å². The molecular weight excluding hydrogens is 487 g/mol. The predicted molar refractivity (Wildman–Crippen MR) is 129 cm³/mol. The number of nitrogens with zero attached hydrogens (tertiary/aromatic N) is 1. The fourth-order valence-corrected chi connectivity index (χ4v) is 2.85. The van der Waals surface area contributed by atoms with E-state index in [0.717, 1.165) is 41.6 Å². The van der Waals surface area contributed by atoms with E-state index in [4.69, 9.17) is 11.6 Å². The number of carbonyl (C=O) groups excluding carboxylic acids is 1. The summed E-state index contributed by atoms with van der Waals surface area (Å²) in [6.07, 6.45) is 2.23. The second-order valence-corrected chi connectivity index (χ2v) is 6.67. The minimum Gasteiger partial charge on any atom is -0.356 e. The topological polar surface area (TPSA) is 65.5 Å². The van der Waals surface area contributed by atoms with Crippen LogP contribution in [0.25, 0.3) is 0 Å². The molecule has 0 fully saturated rings. The van der Waals surface area contributed by atoms with Crippen molar-refractivity contribution in [1.82, 2.24) is 10.6 Å². The van der Waals surface area contributed by atoms with Gasteiger partial charge < -0.3 is 16.0 Å². The van der Waals surface area contributed by atoms with Crippen LogP contribution in [0.3, 0.4) is 0 Å². The van der Waals surface area contributed by atoms with Crippen molar-refractivity contribution in [3.63, 3.8) is 0 Å². The van der Waals surface area contributed by atoms with Crippen LogP contribution in [0.1, 0.15) is 30.9 Å². The average Bonchev–Trinajstić information content (AvgIpc) is 2.65. The van der Waals surface area contributed by atoms with Crippen LogP contribution in [-0.4, -0.2) is 25.5 Å². The third-order valence-corrected chi connectivity index (χ3v) is 4.20. The quantitative estimate of drug-likeness (QED) is 0.274. The van der Waals surface area contributed by atoms with Crippen LogP contribution < -0.4 is 16.0 Å². The van der Waals surface area contributed by atoms with Gasteiger partial charge in [0.2, 0.25) is 5.91 Å². The first-order valence-electron chi connectivity index (χ1n) is 9.18. The number of aliphatic imine (C=N–C) groups is 1. The number of benzene rings is 2. The van der Waals surface area contributed by atoms with Gasteiger partial charge >= 0.3 is 0 Å². The normalized spacial score (nSPS) is 10.8. The number of anilines is 1. The highest BCUT2D eigenvalue weighted by molar-refractivity contribution is 14.0. The molecule has 5 nitrogen and oxygen atoms in total. The standard InChI is InChI=1S/C21H27ClN4O.HI/c1-3-6-20(27)26-19-10-5-8-17(14-19)15-25-21(23-2)24-12-11-16-7-4-9-18(22)13-16;/h4-5,7-10,13-14H,3,6,11-12,15H2,1-2H3,(H,26,27)(H2,23,24,25);1H. The summed E-state index contributed by atoms with van der Waals surface area (Å²) >= 11 is 6.01. The van der Waals surface area contributed by atoms with Crippen LogP contribution in [0.4, 0.5) is 5.69 Å². The molecule has 1 amide bonds. The number of rotatable bonds is 8. The van der Waals surface area contributed by atoms with Crippen molar-refractivity contribution >= 4 is 53.1 Å². The monoisotopic (exact) mass is 514 g/mol. The zero-order valence-corrected chi connectivity index (χ0v) is 19.4. The molecule has 2 aromatic rings. The fourth-order valence-electron chi connectivity index (χ4n) is 2.63. The summed E-state index contributed by atoms with van der Waals surface area (Å²) in [5, 5.41) is 10.3. The Bertz CT molecular complexity index is 783. The number of hydrogen-bond donors (Lipinski definition) is 3. The molecular formula is C21H28ClIN4O. The fraction of sp³-hybridized carbons (Fsp3) is 0.333. The van der Waals surface area contributed by atoms with E-state index in [2.05, 4.69) is 27.0 Å². The molecule has 152 valence electrons. The summed E-state index contributed by atoms with van der Waals surface area (Å²) in [5.41, 5.74) is 3.07. The van der Waals surface area contributed by atoms with E-state index < -0.39 is 0 Å². The van der Waals surface area contributed by atoms with Crippen molar-refractivity contribution in [2.45, 2.75) is 32.7 Å². The minimum absolute atomic E-state index is 0. The van der Waals surface area contributed by atoms with Gasteiger partial charge in [0, 0.05) is 37.3 Å². The summed E-state index contributed by atoms with van der Waals surface area (Å²) in [7, 11) is 1.75. The maximum absolute atomic E-state index is 11.7. The van der Waals surface area contributed by atoms with Crippen LogP contribution in [-0.2, 0) is 17.8 Å². The van der Waals surface area contributed by atoms with E-state index in [1.807, 2.05) is 49.4 Å². The molecule has 0 saturated heterocycles. The Morgan fingerprint density at radius 3 is 2.54 bits per heavy atom. The van der Waals surface area contributed by atoms with Gasteiger partial charge in [-0.15, -0.1) is 24.0 Å². The van der Waals surface area contributed by atoms with E-state index >= 15 is 0 Å². The van der Waals surface area contributed by atoms with Crippen molar-refractivity contribution in [2.75, 3.05) is 18.9 Å². The Morgan fingerprint density at radius 2 is 1.82 bits per heavy atom. The molecule has 0 atom stereocenters. The lowest BCUT2D eigenvalue weighted by molar-refractivity contribution is -0.116. The molecule has 28 heavy (non-hydrogen) atoms. The smallest absolute Gasteiger partial charge is 0.224 e. The van der Waals surface area contributed by atoms with E-state index in [9.17, 15) is 4.79 Å². The molecule has 0 bridgehead atoms. The largest absolute Gasteiger partial charge is 0.356 e. The minimum atomic E-state index is 0. The maximum atomic E-state index is 11.7. The first kappa shape index (κ1) is 24.2. The first-order chi connectivity index (χ1) is 13.1. The third kappa shape index (κ3) is 8.93. The highest BCUT2D eigenvalue weighted by atomic mass is 127. The SMILES string of the molecule is CCCC(=O)Nc1cccc(CNC(=NC)NCCc2cccc(Cl)c2)c1.I. The van der Waals surface area contributed by atoms with Crippen LogP contribution in [0, 0.1) is 0 Å². The van der Waals surface area contributed by atoms with Crippen LogP contribution >= 0.6 is 35.6 Å². The maximum Gasteiger partial charge on any atom is 0.224 e. The second-order valence-electron chi connectivity index (χ2n) is 6.23. The molecule has 0 spiro atoms. The summed E-state index contributed by atoms with van der Waals surface area (Å²) in [5.74, 6) is 0.776. The number of carbonyl (C=O) groups is 1. The van der Waals surface area contributed by atoms with Crippen molar-refractivity contribution in [3.05, 3.63) is 64.7 Å². The lowest BCUT2D eigenvalue weighted by Crippen LogP contribution is -2.37. The third-order valence-electron chi connectivity index (χ3n) is 3.97. The highest BCUT2D eigenvalue weighted by Crippen LogP contribution is 2.12. The molecule has 0 unspecified atom stereocenters. The van der Waals surface area contributed by atoms with Gasteiger partial charge in [0.25, 0.3) is 0 Å². The zero-order valence-electron chi connectivity index (χ0n) is 16.3. The van der Waals surface area contributed by atoms with Gasteiger partial charge in [-0.3, -0.25) is 9.79 Å². The number of nitrogens with one attached hydrogen (secondary N) is 3. The van der Waals surface area contributed by atoms with Crippen molar-refractivity contribution in [2.24, 2.45) is 4.99 Å². The van der Waals surface area contributed by atoms with Crippen LogP contribution in [0.15, 0.2) is 53.5 Å². The Hall–Kier alpha value is -1.80.